The van der Waals surface area contributed by atoms with Gasteiger partial charge in [0.25, 0.3) is 10.6 Å². The molecule has 0 fully saturated rings. The molecule has 5 rings (SSSR count). The molecule has 0 bridgehead atoms. The van der Waals surface area contributed by atoms with E-state index in [-0.39, 0.29) is 11.5 Å². The summed E-state index contributed by atoms with van der Waals surface area (Å²) in [5, 5.41) is 1.16. The van der Waals surface area contributed by atoms with Gasteiger partial charge in [0, 0.05) is 31.4 Å². The van der Waals surface area contributed by atoms with E-state index in [1.165, 1.54) is 58.9 Å². The molecule has 1 aliphatic rings. The molecule has 2 aromatic carbocycles. The first-order valence-corrected chi connectivity index (χ1v) is 13.9. The Bertz CT molecular complexity index is 1580. The number of aryl methyl sites for hydroxylation is 3. The van der Waals surface area contributed by atoms with E-state index in [2.05, 4.69) is 29.7 Å². The zero-order chi connectivity index (χ0) is 24.5. The summed E-state index contributed by atoms with van der Waals surface area (Å²) in [6.07, 6.45) is 8.67. The third-order valence-corrected chi connectivity index (χ3v) is 8.91. The van der Waals surface area contributed by atoms with Gasteiger partial charge in [0.05, 0.1) is 6.08 Å². The van der Waals surface area contributed by atoms with Gasteiger partial charge in [0.1, 0.15) is 20.4 Å². The molecular weight excluding hydrogens is 474 g/mol. The van der Waals surface area contributed by atoms with Crippen molar-refractivity contribution in [1.82, 2.24) is 4.57 Å². The van der Waals surface area contributed by atoms with Crippen LogP contribution in [0.3, 0.4) is 0 Å². The van der Waals surface area contributed by atoms with Gasteiger partial charge < -0.3 is 0 Å². The molecule has 1 aliphatic carbocycles. The van der Waals surface area contributed by atoms with Crippen molar-refractivity contribution in [2.45, 2.75) is 59.5 Å². The SMILES string of the molecule is CCn1c(=O)c(=CN(C(C)=O)c2ccccc2)s/c1=C\c1sc2c3c(ccc2[n+]1CC)CCCC3. The number of aromatic nitrogens is 2. The lowest BCUT2D eigenvalue weighted by Crippen LogP contribution is -2.35. The van der Waals surface area contributed by atoms with Gasteiger partial charge in [0.15, 0.2) is 0 Å². The summed E-state index contributed by atoms with van der Waals surface area (Å²) in [4.78, 5) is 27.2. The quantitative estimate of drug-likeness (QED) is 0.387. The van der Waals surface area contributed by atoms with Crippen molar-refractivity contribution in [2.75, 3.05) is 4.90 Å². The summed E-state index contributed by atoms with van der Waals surface area (Å²) in [7, 11) is 0. The molecule has 0 N–H and O–H groups in total. The van der Waals surface area contributed by atoms with Crippen LogP contribution in [0, 0.1) is 0 Å². The lowest BCUT2D eigenvalue weighted by atomic mass is 9.91. The van der Waals surface area contributed by atoms with Crippen LogP contribution in [0.25, 0.3) is 22.5 Å². The topological polar surface area (TPSA) is 46.2 Å². The highest BCUT2D eigenvalue weighted by molar-refractivity contribution is 7.19. The maximum atomic E-state index is 13.3. The van der Waals surface area contributed by atoms with E-state index in [4.69, 9.17) is 0 Å². The molecule has 1 amide bonds. The summed E-state index contributed by atoms with van der Waals surface area (Å²) in [5.41, 5.74) is 4.97. The summed E-state index contributed by atoms with van der Waals surface area (Å²) in [6, 6.07) is 14.0. The molecule has 2 heterocycles. The molecule has 0 saturated carbocycles. The molecule has 0 saturated heterocycles. The molecule has 5 nitrogen and oxygen atoms in total. The Hall–Kier alpha value is -3.03. The number of amides is 1. The van der Waals surface area contributed by atoms with Gasteiger partial charge in [-0.2, -0.15) is 4.57 Å². The minimum atomic E-state index is -0.129. The number of thiazole rings is 2. The van der Waals surface area contributed by atoms with Crippen LogP contribution in [-0.2, 0) is 30.7 Å². The maximum Gasteiger partial charge on any atom is 0.270 e. The van der Waals surface area contributed by atoms with E-state index in [0.29, 0.717) is 11.1 Å². The first kappa shape index (κ1) is 23.7. The fourth-order valence-corrected chi connectivity index (χ4v) is 7.42. The molecule has 0 atom stereocenters. The van der Waals surface area contributed by atoms with Crippen LogP contribution in [0.2, 0.25) is 0 Å². The molecule has 2 aromatic heterocycles. The van der Waals surface area contributed by atoms with Crippen LogP contribution in [-0.4, -0.2) is 10.5 Å². The highest BCUT2D eigenvalue weighted by atomic mass is 32.1. The number of carbonyl (C=O) groups excluding carboxylic acids is 1. The van der Waals surface area contributed by atoms with E-state index in [0.717, 1.165) is 28.3 Å². The number of hydrogen-bond donors (Lipinski definition) is 0. The van der Waals surface area contributed by atoms with Crippen molar-refractivity contribution in [3.05, 3.63) is 78.1 Å². The maximum absolute atomic E-state index is 13.3. The smallest absolute Gasteiger partial charge is 0.270 e. The van der Waals surface area contributed by atoms with Gasteiger partial charge in [-0.3, -0.25) is 19.1 Å². The predicted molar refractivity (Wildman–Crippen MR) is 145 cm³/mol. The first-order chi connectivity index (χ1) is 17.0. The van der Waals surface area contributed by atoms with Gasteiger partial charge in [-0.25, -0.2) is 0 Å². The minimum absolute atomic E-state index is 0.0625. The van der Waals surface area contributed by atoms with Crippen LogP contribution in [0.15, 0.2) is 47.3 Å². The zero-order valence-corrected chi connectivity index (χ0v) is 22.0. The molecule has 4 aromatic rings. The molecule has 0 aliphatic heterocycles. The van der Waals surface area contributed by atoms with E-state index in [9.17, 15) is 9.59 Å². The van der Waals surface area contributed by atoms with Crippen molar-refractivity contribution < 1.29 is 9.36 Å². The zero-order valence-electron chi connectivity index (χ0n) is 20.4. The number of fused-ring (bicyclic) bond motifs is 3. The average molecular weight is 505 g/mol. The Morgan fingerprint density at radius 1 is 1.09 bits per heavy atom. The number of benzene rings is 2. The Balaban J connectivity index is 1.69. The van der Waals surface area contributed by atoms with E-state index >= 15 is 0 Å². The van der Waals surface area contributed by atoms with Gasteiger partial charge in [-0.15, -0.1) is 11.3 Å². The van der Waals surface area contributed by atoms with Crippen LogP contribution >= 0.6 is 22.7 Å². The average Bonchev–Trinajstić information content (AvgIpc) is 3.38. The van der Waals surface area contributed by atoms with Gasteiger partial charge in [0.2, 0.25) is 11.4 Å². The number of rotatable bonds is 5. The second-order valence-electron chi connectivity index (χ2n) is 8.80. The lowest BCUT2D eigenvalue weighted by molar-refractivity contribution is -0.665. The molecular formula is C28H30N3O2S2+. The fourth-order valence-electron chi connectivity index (χ4n) is 4.91. The van der Waals surface area contributed by atoms with Crippen molar-refractivity contribution in [2.24, 2.45) is 0 Å². The fraction of sp³-hybridized carbons (Fsp3) is 0.321. The van der Waals surface area contributed by atoms with Crippen LogP contribution in [0.1, 0.15) is 49.7 Å². The van der Waals surface area contributed by atoms with Gasteiger partial charge in [-0.1, -0.05) is 35.6 Å². The largest absolute Gasteiger partial charge is 0.299 e. The number of anilines is 1. The number of para-hydroxylation sites is 1. The summed E-state index contributed by atoms with van der Waals surface area (Å²) in [6.45, 7) is 7.13. The van der Waals surface area contributed by atoms with E-state index in [1.54, 1.807) is 15.7 Å². The minimum Gasteiger partial charge on any atom is -0.299 e. The third kappa shape index (κ3) is 4.39. The standard InChI is InChI=1S/C28H30N3O2S2/c1-4-29-23-16-15-20-11-9-10-14-22(20)27(23)35-25(29)17-26-30(5-2)28(33)24(34-26)18-31(19(3)32)21-12-7-6-8-13-21/h6-8,12-13,15-18H,4-5,9-11,14H2,1-3H3/q+1. The summed E-state index contributed by atoms with van der Waals surface area (Å²) >= 11 is 3.27. The number of carbonyl (C=O) groups is 1. The van der Waals surface area contributed by atoms with Gasteiger partial charge >= 0.3 is 0 Å². The van der Waals surface area contributed by atoms with E-state index < -0.39 is 0 Å². The van der Waals surface area contributed by atoms with Crippen molar-refractivity contribution in [1.29, 1.82) is 0 Å². The van der Waals surface area contributed by atoms with Crippen molar-refractivity contribution >= 4 is 56.8 Å². The van der Waals surface area contributed by atoms with E-state index in [1.807, 2.05) is 48.6 Å². The van der Waals surface area contributed by atoms with Gasteiger partial charge in [-0.05, 0) is 62.8 Å². The number of nitrogens with zero attached hydrogens (tertiary/aromatic N) is 3. The van der Waals surface area contributed by atoms with Crippen LogP contribution in [0.5, 0.6) is 0 Å². The Morgan fingerprint density at radius 2 is 1.86 bits per heavy atom. The summed E-state index contributed by atoms with van der Waals surface area (Å²) < 4.78 is 7.01. The van der Waals surface area contributed by atoms with Crippen molar-refractivity contribution in [3.63, 3.8) is 0 Å². The molecule has 0 radical (unpaired) electrons. The second kappa shape index (κ2) is 9.91. The lowest BCUT2D eigenvalue weighted by Gasteiger charge is -2.15. The normalized spacial score (nSPS) is 14.5. The molecule has 7 heteroatoms. The molecule has 180 valence electrons. The highest BCUT2D eigenvalue weighted by Gasteiger charge is 2.23. The predicted octanol–water partition coefficient (Wildman–Crippen LogP) is 3.95. The Labute approximate surface area is 212 Å². The molecule has 0 spiro atoms. The number of hydrogen-bond acceptors (Lipinski definition) is 4. The third-order valence-electron chi connectivity index (χ3n) is 6.66. The van der Waals surface area contributed by atoms with Crippen LogP contribution < -0.4 is 24.2 Å². The molecule has 0 unspecified atom stereocenters. The monoisotopic (exact) mass is 504 g/mol. The summed E-state index contributed by atoms with van der Waals surface area (Å²) in [5.74, 6) is -0.129. The van der Waals surface area contributed by atoms with Crippen molar-refractivity contribution in [3.8, 4) is 0 Å². The van der Waals surface area contributed by atoms with Crippen LogP contribution in [0.4, 0.5) is 5.69 Å². The molecule has 35 heavy (non-hydrogen) atoms. The Morgan fingerprint density at radius 3 is 2.57 bits per heavy atom. The first-order valence-electron chi connectivity index (χ1n) is 12.3. The Kier molecular flexibility index (Phi) is 6.71. The highest BCUT2D eigenvalue weighted by Crippen LogP contribution is 2.32. The second-order valence-corrected chi connectivity index (χ2v) is 10.9.